The molecule has 0 saturated carbocycles. The topological polar surface area (TPSA) is 23.5 Å². The minimum absolute atomic E-state index is 0.534. The van der Waals surface area contributed by atoms with E-state index in [2.05, 4.69) is 44.0 Å². The van der Waals surface area contributed by atoms with E-state index in [-0.39, 0.29) is 0 Å². The molecule has 0 bridgehead atoms. The summed E-state index contributed by atoms with van der Waals surface area (Å²) >= 11 is 0. The lowest BCUT2D eigenvalue weighted by molar-refractivity contribution is -0.0223. The molecule has 1 aromatic carbocycles. The number of benzene rings is 1. The minimum Gasteiger partial charge on any atom is -0.388 e. The zero-order valence-corrected chi connectivity index (χ0v) is 11.2. The molecular weight excluding hydrogens is 210 g/mol. The van der Waals surface area contributed by atoms with E-state index in [4.69, 9.17) is 0 Å². The third-order valence-electron chi connectivity index (χ3n) is 3.56. The maximum atomic E-state index is 10.6. The Morgan fingerprint density at radius 1 is 1.24 bits per heavy atom. The number of rotatable bonds is 2. The van der Waals surface area contributed by atoms with E-state index < -0.39 is 5.60 Å². The highest BCUT2D eigenvalue weighted by Crippen LogP contribution is 2.25. The first-order valence-corrected chi connectivity index (χ1v) is 6.45. The Kier molecular flexibility index (Phi) is 3.55. The quantitative estimate of drug-likeness (QED) is 0.847. The van der Waals surface area contributed by atoms with Crippen LogP contribution in [0.2, 0.25) is 0 Å². The number of aryl methyl sites for hydroxylation is 2. The van der Waals surface area contributed by atoms with Gasteiger partial charge in [0.15, 0.2) is 0 Å². The Balaban J connectivity index is 2.13. The van der Waals surface area contributed by atoms with Gasteiger partial charge in [-0.25, -0.2) is 0 Å². The molecule has 2 nitrogen and oxygen atoms in total. The number of piperidine rings is 1. The van der Waals surface area contributed by atoms with Gasteiger partial charge in [0.25, 0.3) is 0 Å². The van der Waals surface area contributed by atoms with Crippen LogP contribution in [0.15, 0.2) is 18.2 Å². The molecule has 0 amide bonds. The standard InChI is InChI=1S/C15H23NO/c1-12-7-13(2)9-14(8-12)10-15(17)5-4-6-16(3)11-15/h7-9,17H,4-6,10-11H2,1-3H3. The molecule has 1 saturated heterocycles. The van der Waals surface area contributed by atoms with Gasteiger partial charge in [0.2, 0.25) is 0 Å². The van der Waals surface area contributed by atoms with E-state index in [1.165, 1.54) is 16.7 Å². The van der Waals surface area contributed by atoms with E-state index in [1.807, 2.05) is 0 Å². The van der Waals surface area contributed by atoms with E-state index in [9.17, 15) is 5.11 Å². The van der Waals surface area contributed by atoms with Gasteiger partial charge in [-0.05, 0) is 45.8 Å². The van der Waals surface area contributed by atoms with Crippen LogP contribution in [0.3, 0.4) is 0 Å². The van der Waals surface area contributed by atoms with Crippen LogP contribution < -0.4 is 0 Å². The van der Waals surface area contributed by atoms with E-state index in [0.29, 0.717) is 0 Å². The molecule has 2 heteroatoms. The summed E-state index contributed by atoms with van der Waals surface area (Å²) in [6.45, 7) is 6.14. The van der Waals surface area contributed by atoms with Gasteiger partial charge in [-0.2, -0.15) is 0 Å². The van der Waals surface area contributed by atoms with E-state index in [0.717, 1.165) is 32.4 Å². The van der Waals surface area contributed by atoms with Gasteiger partial charge in [0.05, 0.1) is 5.60 Å². The number of β-amino-alcohol motifs (C(OH)–C–C–N with tert-alkyl or cyclic N) is 1. The molecule has 1 aromatic rings. The molecule has 94 valence electrons. The molecule has 0 aromatic heterocycles. The van der Waals surface area contributed by atoms with Crippen molar-refractivity contribution in [3.05, 3.63) is 34.9 Å². The Bertz CT molecular complexity index is 382. The summed E-state index contributed by atoms with van der Waals surface area (Å²) in [4.78, 5) is 2.23. The summed E-state index contributed by atoms with van der Waals surface area (Å²) in [5.41, 5.74) is 3.30. The minimum atomic E-state index is -0.534. The van der Waals surface area contributed by atoms with Crippen LogP contribution in [0.4, 0.5) is 0 Å². The summed E-state index contributed by atoms with van der Waals surface area (Å²) in [6.07, 6.45) is 2.79. The average Bonchev–Trinajstić information content (AvgIpc) is 2.13. The van der Waals surface area contributed by atoms with Crippen LogP contribution in [0.25, 0.3) is 0 Å². The fourth-order valence-corrected chi connectivity index (χ4v) is 3.03. The fraction of sp³-hybridized carbons (Fsp3) is 0.600. The van der Waals surface area contributed by atoms with Crippen molar-refractivity contribution in [1.29, 1.82) is 0 Å². The second kappa shape index (κ2) is 4.79. The molecule has 1 aliphatic rings. The van der Waals surface area contributed by atoms with Crippen LogP contribution in [0.1, 0.15) is 29.5 Å². The van der Waals surface area contributed by atoms with Gasteiger partial charge in [0, 0.05) is 13.0 Å². The third-order valence-corrected chi connectivity index (χ3v) is 3.56. The number of nitrogens with zero attached hydrogens (tertiary/aromatic N) is 1. The van der Waals surface area contributed by atoms with Crippen LogP contribution in [0.5, 0.6) is 0 Å². The molecular formula is C15H23NO. The van der Waals surface area contributed by atoms with Gasteiger partial charge in [-0.3, -0.25) is 0 Å². The monoisotopic (exact) mass is 233 g/mol. The molecule has 2 rings (SSSR count). The molecule has 17 heavy (non-hydrogen) atoms. The predicted octanol–water partition coefficient (Wildman–Crippen LogP) is 2.30. The highest BCUT2D eigenvalue weighted by molar-refractivity contribution is 5.29. The van der Waals surface area contributed by atoms with E-state index in [1.54, 1.807) is 0 Å². The Labute approximate surface area is 104 Å². The largest absolute Gasteiger partial charge is 0.388 e. The second-order valence-corrected chi connectivity index (χ2v) is 5.74. The number of likely N-dealkylation sites (N-methyl/N-ethyl adjacent to an activating group) is 1. The molecule has 0 radical (unpaired) electrons. The van der Waals surface area contributed by atoms with Crippen LogP contribution in [-0.4, -0.2) is 35.7 Å². The molecule has 1 atom stereocenters. The number of likely N-dealkylation sites (tertiary alicyclic amines) is 1. The predicted molar refractivity (Wildman–Crippen MR) is 71.3 cm³/mol. The summed E-state index contributed by atoms with van der Waals surface area (Å²) in [5.74, 6) is 0. The first-order chi connectivity index (χ1) is 7.97. The molecule has 1 fully saturated rings. The van der Waals surface area contributed by atoms with E-state index >= 15 is 0 Å². The number of aliphatic hydroxyl groups is 1. The Hall–Kier alpha value is -0.860. The van der Waals surface area contributed by atoms with Crippen LogP contribution in [-0.2, 0) is 6.42 Å². The lowest BCUT2D eigenvalue weighted by Gasteiger charge is -2.37. The number of hydrogen-bond acceptors (Lipinski definition) is 2. The van der Waals surface area contributed by atoms with Crippen LogP contribution >= 0.6 is 0 Å². The van der Waals surface area contributed by atoms with Crippen molar-refractivity contribution in [2.75, 3.05) is 20.1 Å². The van der Waals surface area contributed by atoms with Crippen LogP contribution in [0, 0.1) is 13.8 Å². The first kappa shape index (κ1) is 12.6. The highest BCUT2D eigenvalue weighted by atomic mass is 16.3. The maximum absolute atomic E-state index is 10.6. The smallest absolute Gasteiger partial charge is 0.0814 e. The van der Waals surface area contributed by atoms with Crippen molar-refractivity contribution >= 4 is 0 Å². The van der Waals surface area contributed by atoms with Crippen molar-refractivity contribution in [2.45, 2.75) is 38.7 Å². The molecule has 1 N–H and O–H groups in total. The summed E-state index contributed by atoms with van der Waals surface area (Å²) in [5, 5.41) is 10.6. The Morgan fingerprint density at radius 2 is 1.88 bits per heavy atom. The van der Waals surface area contributed by atoms with Crippen molar-refractivity contribution in [3.63, 3.8) is 0 Å². The second-order valence-electron chi connectivity index (χ2n) is 5.74. The third kappa shape index (κ3) is 3.30. The molecule has 0 spiro atoms. The summed E-state index contributed by atoms with van der Waals surface area (Å²) < 4.78 is 0. The molecule has 1 unspecified atom stereocenters. The lowest BCUT2D eigenvalue weighted by Crippen LogP contribution is -2.47. The zero-order valence-electron chi connectivity index (χ0n) is 11.2. The van der Waals surface area contributed by atoms with Crippen molar-refractivity contribution in [3.8, 4) is 0 Å². The van der Waals surface area contributed by atoms with Gasteiger partial charge >= 0.3 is 0 Å². The molecule has 1 aliphatic heterocycles. The number of hydrogen-bond donors (Lipinski definition) is 1. The molecule has 1 heterocycles. The Morgan fingerprint density at radius 3 is 2.47 bits per heavy atom. The normalized spacial score (nSPS) is 26.1. The fourth-order valence-electron chi connectivity index (χ4n) is 3.03. The maximum Gasteiger partial charge on any atom is 0.0814 e. The first-order valence-electron chi connectivity index (χ1n) is 6.45. The summed E-state index contributed by atoms with van der Waals surface area (Å²) in [7, 11) is 2.09. The zero-order chi connectivity index (χ0) is 12.5. The SMILES string of the molecule is Cc1cc(C)cc(CC2(O)CCCN(C)C2)c1. The van der Waals surface area contributed by atoms with Crippen molar-refractivity contribution in [2.24, 2.45) is 0 Å². The summed E-state index contributed by atoms with van der Waals surface area (Å²) in [6, 6.07) is 6.57. The lowest BCUT2D eigenvalue weighted by atomic mass is 9.86. The highest BCUT2D eigenvalue weighted by Gasteiger charge is 2.31. The van der Waals surface area contributed by atoms with Gasteiger partial charge < -0.3 is 10.0 Å². The van der Waals surface area contributed by atoms with Gasteiger partial charge in [-0.1, -0.05) is 29.3 Å². The van der Waals surface area contributed by atoms with Crippen molar-refractivity contribution in [1.82, 2.24) is 4.90 Å². The van der Waals surface area contributed by atoms with Gasteiger partial charge in [-0.15, -0.1) is 0 Å². The average molecular weight is 233 g/mol. The van der Waals surface area contributed by atoms with Crippen molar-refractivity contribution < 1.29 is 5.11 Å². The van der Waals surface area contributed by atoms with Gasteiger partial charge in [0.1, 0.15) is 0 Å². The molecule has 0 aliphatic carbocycles.